The number of carbonyl (C=O) groups is 1. The van der Waals surface area contributed by atoms with Crippen LogP contribution in [-0.2, 0) is 11.8 Å². The first-order valence-corrected chi connectivity index (χ1v) is 13.9. The van der Waals surface area contributed by atoms with Gasteiger partial charge in [0, 0.05) is 87.3 Å². The SMILES string of the molecule is C=CC(=O)Nc1cc(Nc2nccc(-c3cn(C)c4ccccc34)n2)c(OC)cc1N1CC(N2CCN(C)CC2)C1. The first-order chi connectivity index (χ1) is 19.9. The zero-order chi connectivity index (χ0) is 28.5. The van der Waals surface area contributed by atoms with Gasteiger partial charge in [0.05, 0.1) is 29.9 Å². The number of nitrogens with one attached hydrogen (secondary N) is 2. The number of rotatable bonds is 8. The van der Waals surface area contributed by atoms with E-state index in [2.05, 4.69) is 66.8 Å². The van der Waals surface area contributed by atoms with Crippen molar-refractivity contribution in [3.05, 3.63) is 67.5 Å². The Balaban J connectivity index is 1.27. The van der Waals surface area contributed by atoms with Crippen molar-refractivity contribution < 1.29 is 9.53 Å². The molecule has 2 aliphatic rings. The van der Waals surface area contributed by atoms with Crippen molar-refractivity contribution in [1.29, 1.82) is 0 Å². The number of benzene rings is 2. The summed E-state index contributed by atoms with van der Waals surface area (Å²) >= 11 is 0. The molecule has 0 saturated carbocycles. The van der Waals surface area contributed by atoms with Crippen LogP contribution >= 0.6 is 0 Å². The van der Waals surface area contributed by atoms with Crippen LogP contribution in [0.4, 0.5) is 23.0 Å². The number of nitrogens with zero attached hydrogens (tertiary/aromatic N) is 6. The van der Waals surface area contributed by atoms with E-state index in [9.17, 15) is 4.79 Å². The number of fused-ring (bicyclic) bond motifs is 1. The van der Waals surface area contributed by atoms with E-state index in [0.717, 1.165) is 67.1 Å². The summed E-state index contributed by atoms with van der Waals surface area (Å²) in [5.74, 6) is 0.799. The van der Waals surface area contributed by atoms with Gasteiger partial charge in [0.15, 0.2) is 0 Å². The van der Waals surface area contributed by atoms with Crippen LogP contribution in [-0.4, -0.2) is 89.7 Å². The van der Waals surface area contributed by atoms with Gasteiger partial charge in [-0.05, 0) is 31.3 Å². The second kappa shape index (κ2) is 11.2. The number of amides is 1. The third-order valence-electron chi connectivity index (χ3n) is 8.09. The quantitative estimate of drug-likeness (QED) is 0.318. The van der Waals surface area contributed by atoms with E-state index in [1.54, 1.807) is 13.3 Å². The number of likely N-dealkylation sites (N-methyl/N-ethyl adjacent to an activating group) is 1. The van der Waals surface area contributed by atoms with E-state index >= 15 is 0 Å². The lowest BCUT2D eigenvalue weighted by molar-refractivity contribution is -0.111. The van der Waals surface area contributed by atoms with Crippen LogP contribution in [0.2, 0.25) is 0 Å². The van der Waals surface area contributed by atoms with Crippen LogP contribution in [0.3, 0.4) is 0 Å². The number of piperazine rings is 1. The minimum Gasteiger partial charge on any atom is -0.494 e. The molecule has 0 radical (unpaired) electrons. The number of hydrogen-bond acceptors (Lipinski definition) is 8. The molecular weight excluding hydrogens is 516 g/mol. The fraction of sp³-hybridized carbons (Fsp3) is 0.323. The molecule has 4 heterocycles. The zero-order valence-electron chi connectivity index (χ0n) is 23.8. The largest absolute Gasteiger partial charge is 0.494 e. The van der Waals surface area contributed by atoms with Crippen molar-refractivity contribution in [2.45, 2.75) is 6.04 Å². The molecular formula is C31H36N8O2. The summed E-state index contributed by atoms with van der Waals surface area (Å²) < 4.78 is 7.89. The highest BCUT2D eigenvalue weighted by atomic mass is 16.5. The van der Waals surface area contributed by atoms with Gasteiger partial charge in [0.25, 0.3) is 0 Å². The fourth-order valence-electron chi connectivity index (χ4n) is 5.69. The lowest BCUT2D eigenvalue weighted by Gasteiger charge is -2.49. The molecule has 10 heteroatoms. The van der Waals surface area contributed by atoms with Crippen molar-refractivity contribution in [1.82, 2.24) is 24.3 Å². The predicted octanol–water partition coefficient (Wildman–Crippen LogP) is 3.95. The molecule has 41 heavy (non-hydrogen) atoms. The third-order valence-corrected chi connectivity index (χ3v) is 8.09. The molecule has 6 rings (SSSR count). The summed E-state index contributed by atoms with van der Waals surface area (Å²) in [5, 5.41) is 7.44. The first-order valence-electron chi connectivity index (χ1n) is 13.9. The molecule has 0 atom stereocenters. The van der Waals surface area contributed by atoms with Crippen LogP contribution in [0.5, 0.6) is 5.75 Å². The lowest BCUT2D eigenvalue weighted by atomic mass is 10.0. The average molecular weight is 553 g/mol. The van der Waals surface area contributed by atoms with Crippen molar-refractivity contribution in [3.8, 4) is 17.0 Å². The monoisotopic (exact) mass is 552 g/mol. The number of aryl methyl sites for hydroxylation is 1. The lowest BCUT2D eigenvalue weighted by Crippen LogP contribution is -2.63. The number of methoxy groups -OCH3 is 1. The number of ether oxygens (including phenoxy) is 1. The molecule has 2 aromatic carbocycles. The topological polar surface area (TPSA) is 90.8 Å². The molecule has 212 valence electrons. The summed E-state index contributed by atoms with van der Waals surface area (Å²) in [4.78, 5) is 28.9. The normalized spacial score (nSPS) is 16.4. The van der Waals surface area contributed by atoms with Crippen LogP contribution in [0.1, 0.15) is 0 Å². The Morgan fingerprint density at radius 3 is 2.61 bits per heavy atom. The Morgan fingerprint density at radius 1 is 1.07 bits per heavy atom. The second-order valence-corrected chi connectivity index (χ2v) is 10.7. The third kappa shape index (κ3) is 5.36. The molecule has 2 fully saturated rings. The number of anilines is 4. The molecule has 4 aromatic rings. The zero-order valence-corrected chi connectivity index (χ0v) is 23.8. The second-order valence-electron chi connectivity index (χ2n) is 10.7. The van der Waals surface area contributed by atoms with Gasteiger partial charge < -0.3 is 29.7 Å². The van der Waals surface area contributed by atoms with Gasteiger partial charge in [-0.25, -0.2) is 9.97 Å². The number of aromatic nitrogens is 3. The first kappa shape index (κ1) is 26.8. The van der Waals surface area contributed by atoms with Gasteiger partial charge >= 0.3 is 0 Å². The Kier molecular flexibility index (Phi) is 7.34. The predicted molar refractivity (Wildman–Crippen MR) is 164 cm³/mol. The molecule has 0 bridgehead atoms. The molecule has 0 aliphatic carbocycles. The van der Waals surface area contributed by atoms with E-state index < -0.39 is 0 Å². The van der Waals surface area contributed by atoms with Gasteiger partial charge in [-0.2, -0.15) is 0 Å². The number of para-hydroxylation sites is 1. The Bertz CT molecular complexity index is 1580. The van der Waals surface area contributed by atoms with E-state index in [1.807, 2.05) is 37.4 Å². The maximum absolute atomic E-state index is 12.4. The minimum absolute atomic E-state index is 0.271. The van der Waals surface area contributed by atoms with Crippen molar-refractivity contribution in [2.75, 3.05) is 69.0 Å². The molecule has 2 aromatic heterocycles. The highest BCUT2D eigenvalue weighted by Gasteiger charge is 2.34. The Morgan fingerprint density at radius 2 is 1.85 bits per heavy atom. The van der Waals surface area contributed by atoms with Crippen LogP contribution in [0, 0.1) is 0 Å². The number of hydrogen-bond donors (Lipinski definition) is 2. The molecule has 2 aliphatic heterocycles. The molecule has 10 nitrogen and oxygen atoms in total. The number of carbonyl (C=O) groups excluding carboxylic acids is 1. The maximum Gasteiger partial charge on any atom is 0.247 e. The molecule has 2 N–H and O–H groups in total. The van der Waals surface area contributed by atoms with Crippen molar-refractivity contribution >= 4 is 39.8 Å². The molecule has 1 amide bonds. The van der Waals surface area contributed by atoms with Gasteiger partial charge in [-0.15, -0.1) is 0 Å². The molecule has 2 saturated heterocycles. The Hall–Kier alpha value is -4.41. The van der Waals surface area contributed by atoms with Crippen molar-refractivity contribution in [2.24, 2.45) is 7.05 Å². The summed E-state index contributed by atoms with van der Waals surface area (Å²) in [5.41, 5.74) is 5.23. The summed E-state index contributed by atoms with van der Waals surface area (Å²) in [6, 6.07) is 14.5. The average Bonchev–Trinajstić information content (AvgIpc) is 3.30. The minimum atomic E-state index is -0.271. The van der Waals surface area contributed by atoms with E-state index in [-0.39, 0.29) is 5.91 Å². The summed E-state index contributed by atoms with van der Waals surface area (Å²) in [7, 11) is 5.84. The molecule has 0 spiro atoms. The highest BCUT2D eigenvalue weighted by Crippen LogP contribution is 2.40. The van der Waals surface area contributed by atoms with E-state index in [4.69, 9.17) is 9.72 Å². The van der Waals surface area contributed by atoms with Crippen LogP contribution in [0.15, 0.2) is 67.5 Å². The van der Waals surface area contributed by atoms with Gasteiger partial charge in [0.2, 0.25) is 11.9 Å². The van der Waals surface area contributed by atoms with E-state index in [0.29, 0.717) is 29.1 Å². The highest BCUT2D eigenvalue weighted by molar-refractivity contribution is 6.02. The van der Waals surface area contributed by atoms with Gasteiger partial charge in [0.1, 0.15) is 5.75 Å². The Labute approximate surface area is 240 Å². The summed E-state index contributed by atoms with van der Waals surface area (Å²) in [6.07, 6.45) is 5.10. The summed E-state index contributed by atoms with van der Waals surface area (Å²) in [6.45, 7) is 9.77. The molecule has 0 unspecified atom stereocenters. The standard InChI is InChI=1S/C31H36N8O2/c1-5-30(40)33-25-16-26(29(41-4)17-28(25)39-18-21(19-39)38-14-12-36(2)13-15-38)35-31-32-11-10-24(34-31)23-20-37(3)27-9-7-6-8-22(23)27/h5-11,16-17,20-21H,1,12-15,18-19H2,2-4H3,(H,33,40)(H,32,34,35). The van der Waals surface area contributed by atoms with Crippen LogP contribution in [0.25, 0.3) is 22.2 Å². The smallest absolute Gasteiger partial charge is 0.247 e. The van der Waals surface area contributed by atoms with Gasteiger partial charge in [-0.1, -0.05) is 24.8 Å². The van der Waals surface area contributed by atoms with Crippen LogP contribution < -0.4 is 20.3 Å². The van der Waals surface area contributed by atoms with E-state index in [1.165, 1.54) is 6.08 Å². The van der Waals surface area contributed by atoms with Gasteiger partial charge in [-0.3, -0.25) is 9.69 Å². The maximum atomic E-state index is 12.4. The fourth-order valence-corrected chi connectivity index (χ4v) is 5.69. The van der Waals surface area contributed by atoms with Crippen molar-refractivity contribution in [3.63, 3.8) is 0 Å².